The molecule has 2 aromatic heterocycles. The molecule has 0 fully saturated rings. The number of hydrogen-bond acceptors (Lipinski definition) is 5. The van der Waals surface area contributed by atoms with Crippen molar-refractivity contribution in [3.8, 4) is 17.0 Å². The zero-order chi connectivity index (χ0) is 17.2. The van der Waals surface area contributed by atoms with E-state index in [4.69, 9.17) is 9.88 Å². The number of benzene rings is 1. The van der Waals surface area contributed by atoms with Gasteiger partial charge in [0.05, 0.1) is 18.3 Å². The van der Waals surface area contributed by atoms with Gasteiger partial charge in [-0.05, 0) is 29.8 Å². The molecule has 0 aliphatic heterocycles. The van der Waals surface area contributed by atoms with E-state index in [0.29, 0.717) is 5.56 Å². The second-order valence-electron chi connectivity index (χ2n) is 5.16. The molecule has 0 bridgehead atoms. The van der Waals surface area contributed by atoms with Crippen LogP contribution < -0.4 is 14.6 Å². The predicted molar refractivity (Wildman–Crippen MR) is 91.5 cm³/mol. The van der Waals surface area contributed by atoms with Crippen LogP contribution in [0, 0.1) is 0 Å². The number of methoxy groups -OCH3 is 1. The maximum Gasteiger partial charge on any atom is 0.274 e. The molecule has 0 spiro atoms. The van der Waals surface area contributed by atoms with Crippen molar-refractivity contribution < 1.29 is 13.2 Å². The monoisotopic (exact) mass is 344 g/mol. The SMILES string of the molecule is COc1ccc2c(-c3ccc(CNS(N)(=O)=O)cn3)ccnc2c1. The largest absolute Gasteiger partial charge is 0.497 e. The van der Waals surface area contributed by atoms with Crippen molar-refractivity contribution in [3.63, 3.8) is 0 Å². The van der Waals surface area contributed by atoms with E-state index in [9.17, 15) is 8.42 Å². The number of nitrogens with one attached hydrogen (secondary N) is 1. The van der Waals surface area contributed by atoms with Gasteiger partial charge >= 0.3 is 0 Å². The highest BCUT2D eigenvalue weighted by atomic mass is 32.2. The summed E-state index contributed by atoms with van der Waals surface area (Å²) < 4.78 is 29.3. The fourth-order valence-electron chi connectivity index (χ4n) is 2.35. The molecule has 24 heavy (non-hydrogen) atoms. The lowest BCUT2D eigenvalue weighted by molar-refractivity contribution is 0.415. The van der Waals surface area contributed by atoms with E-state index in [-0.39, 0.29) is 6.54 Å². The summed E-state index contributed by atoms with van der Waals surface area (Å²) in [6, 6.07) is 11.2. The molecule has 0 aliphatic rings. The number of hydrogen-bond donors (Lipinski definition) is 2. The fourth-order valence-corrected chi connectivity index (χ4v) is 2.72. The molecule has 7 nitrogen and oxygen atoms in total. The first-order valence-electron chi connectivity index (χ1n) is 7.12. The van der Waals surface area contributed by atoms with Gasteiger partial charge in [-0.3, -0.25) is 9.97 Å². The minimum atomic E-state index is -3.72. The molecule has 0 radical (unpaired) electrons. The number of ether oxygens (including phenoxy) is 1. The van der Waals surface area contributed by atoms with Crippen LogP contribution in [0.4, 0.5) is 0 Å². The molecule has 0 saturated heterocycles. The molecule has 8 heteroatoms. The molecule has 0 atom stereocenters. The Morgan fingerprint density at radius 3 is 2.67 bits per heavy atom. The van der Waals surface area contributed by atoms with E-state index in [0.717, 1.165) is 27.9 Å². The smallest absolute Gasteiger partial charge is 0.274 e. The summed E-state index contributed by atoms with van der Waals surface area (Å²) in [5, 5.41) is 5.87. The molecule has 0 aliphatic carbocycles. The van der Waals surface area contributed by atoms with Crippen LogP contribution in [-0.4, -0.2) is 25.5 Å². The van der Waals surface area contributed by atoms with E-state index in [1.165, 1.54) is 0 Å². The van der Waals surface area contributed by atoms with Crippen molar-refractivity contribution in [1.82, 2.24) is 14.7 Å². The summed E-state index contributed by atoms with van der Waals surface area (Å²) >= 11 is 0. The molecular formula is C16H16N4O3S. The standard InChI is InChI=1S/C16H16N4O3S/c1-23-12-3-4-13-14(6-7-18-16(13)8-12)15-5-2-11(9-19-15)10-20-24(17,21)22/h2-9,20H,10H2,1H3,(H2,17,21,22). The fraction of sp³-hybridized carbons (Fsp3) is 0.125. The van der Waals surface area contributed by atoms with Gasteiger partial charge in [-0.1, -0.05) is 6.07 Å². The molecule has 0 amide bonds. The Morgan fingerprint density at radius 1 is 1.17 bits per heavy atom. The molecular weight excluding hydrogens is 328 g/mol. The summed E-state index contributed by atoms with van der Waals surface area (Å²) in [6.07, 6.45) is 3.33. The van der Waals surface area contributed by atoms with Gasteiger partial charge in [0.1, 0.15) is 5.75 Å². The Balaban J connectivity index is 1.93. The first-order chi connectivity index (χ1) is 11.5. The number of pyridine rings is 2. The average Bonchev–Trinajstić information content (AvgIpc) is 2.59. The van der Waals surface area contributed by atoms with Crippen LogP contribution in [0.2, 0.25) is 0 Å². The van der Waals surface area contributed by atoms with Crippen molar-refractivity contribution >= 4 is 21.1 Å². The van der Waals surface area contributed by atoms with Crippen molar-refractivity contribution in [3.05, 3.63) is 54.4 Å². The Morgan fingerprint density at radius 2 is 2.00 bits per heavy atom. The Kier molecular flexibility index (Phi) is 4.43. The number of nitrogens with zero attached hydrogens (tertiary/aromatic N) is 2. The topological polar surface area (TPSA) is 107 Å². The quantitative estimate of drug-likeness (QED) is 0.731. The highest BCUT2D eigenvalue weighted by molar-refractivity contribution is 7.87. The van der Waals surface area contributed by atoms with E-state index in [1.807, 2.05) is 30.3 Å². The van der Waals surface area contributed by atoms with Crippen LogP contribution in [0.1, 0.15) is 5.56 Å². The summed E-state index contributed by atoms with van der Waals surface area (Å²) in [5.41, 5.74) is 3.24. The van der Waals surface area contributed by atoms with Crippen molar-refractivity contribution in [1.29, 1.82) is 0 Å². The molecule has 2 heterocycles. The van der Waals surface area contributed by atoms with Gasteiger partial charge in [0.25, 0.3) is 10.2 Å². The lowest BCUT2D eigenvalue weighted by Gasteiger charge is -2.08. The molecule has 124 valence electrons. The van der Waals surface area contributed by atoms with Crippen molar-refractivity contribution in [2.24, 2.45) is 5.14 Å². The third-order valence-corrected chi connectivity index (χ3v) is 4.07. The van der Waals surface area contributed by atoms with Gasteiger partial charge in [0.2, 0.25) is 0 Å². The number of aromatic nitrogens is 2. The minimum Gasteiger partial charge on any atom is -0.497 e. The predicted octanol–water partition coefficient (Wildman–Crippen LogP) is 1.60. The maximum atomic E-state index is 10.9. The Hall–Kier alpha value is -2.55. The number of fused-ring (bicyclic) bond motifs is 1. The molecule has 0 saturated carbocycles. The summed E-state index contributed by atoms with van der Waals surface area (Å²) in [6.45, 7) is 0.0976. The lowest BCUT2D eigenvalue weighted by Crippen LogP contribution is -2.30. The van der Waals surface area contributed by atoms with Crippen LogP contribution in [0.15, 0.2) is 48.8 Å². The molecule has 0 unspecified atom stereocenters. The van der Waals surface area contributed by atoms with Crippen molar-refractivity contribution in [2.75, 3.05) is 7.11 Å². The van der Waals surface area contributed by atoms with E-state index >= 15 is 0 Å². The lowest BCUT2D eigenvalue weighted by atomic mass is 10.1. The van der Waals surface area contributed by atoms with E-state index < -0.39 is 10.2 Å². The minimum absolute atomic E-state index is 0.0976. The average molecular weight is 344 g/mol. The summed E-state index contributed by atoms with van der Waals surface area (Å²) in [5.74, 6) is 0.740. The molecule has 3 N–H and O–H groups in total. The second kappa shape index (κ2) is 6.52. The zero-order valence-corrected chi connectivity index (χ0v) is 13.7. The van der Waals surface area contributed by atoms with Gasteiger partial charge in [0.15, 0.2) is 0 Å². The van der Waals surface area contributed by atoms with Gasteiger partial charge in [0, 0.05) is 36.0 Å². The summed E-state index contributed by atoms with van der Waals surface area (Å²) in [4.78, 5) is 8.76. The zero-order valence-electron chi connectivity index (χ0n) is 12.9. The highest BCUT2D eigenvalue weighted by Crippen LogP contribution is 2.28. The van der Waals surface area contributed by atoms with Crippen LogP contribution in [-0.2, 0) is 16.8 Å². The van der Waals surface area contributed by atoms with Crippen LogP contribution >= 0.6 is 0 Å². The second-order valence-corrected chi connectivity index (χ2v) is 6.54. The van der Waals surface area contributed by atoms with Crippen LogP contribution in [0.25, 0.3) is 22.2 Å². The van der Waals surface area contributed by atoms with Gasteiger partial charge < -0.3 is 4.74 Å². The Labute approximate surface area is 139 Å². The number of nitrogens with two attached hydrogens (primary N) is 1. The molecule has 1 aromatic carbocycles. The maximum absolute atomic E-state index is 10.9. The van der Waals surface area contributed by atoms with Gasteiger partial charge in [-0.2, -0.15) is 13.1 Å². The third kappa shape index (κ3) is 3.67. The Bertz CT molecular complexity index is 972. The van der Waals surface area contributed by atoms with Crippen LogP contribution in [0.5, 0.6) is 5.75 Å². The molecule has 3 aromatic rings. The first-order valence-corrected chi connectivity index (χ1v) is 8.66. The highest BCUT2D eigenvalue weighted by Gasteiger charge is 2.08. The first kappa shape index (κ1) is 16.3. The molecule has 3 rings (SSSR count). The van der Waals surface area contributed by atoms with E-state index in [2.05, 4.69) is 14.7 Å². The van der Waals surface area contributed by atoms with E-state index in [1.54, 1.807) is 25.6 Å². The normalized spacial score (nSPS) is 11.6. The van der Waals surface area contributed by atoms with Crippen LogP contribution in [0.3, 0.4) is 0 Å². The van der Waals surface area contributed by atoms with Crippen molar-refractivity contribution in [2.45, 2.75) is 6.54 Å². The number of rotatable bonds is 5. The summed E-state index contributed by atoms with van der Waals surface area (Å²) in [7, 11) is -2.11. The third-order valence-electron chi connectivity index (χ3n) is 3.53. The van der Waals surface area contributed by atoms with Gasteiger partial charge in [-0.25, -0.2) is 5.14 Å². The van der Waals surface area contributed by atoms with Gasteiger partial charge in [-0.15, -0.1) is 0 Å².